The zero-order chi connectivity index (χ0) is 13.7. The minimum atomic E-state index is 0.382. The third-order valence-electron chi connectivity index (χ3n) is 4.10. The molecule has 0 atom stereocenters. The molecule has 0 unspecified atom stereocenters. The maximum atomic E-state index is 6.25. The van der Waals surface area contributed by atoms with Crippen molar-refractivity contribution in [3.63, 3.8) is 0 Å². The van der Waals surface area contributed by atoms with Gasteiger partial charge in [0.2, 0.25) is 0 Å². The molecule has 0 spiro atoms. The second-order valence-corrected chi connectivity index (χ2v) is 6.06. The van der Waals surface area contributed by atoms with Gasteiger partial charge >= 0.3 is 0 Å². The van der Waals surface area contributed by atoms with Gasteiger partial charge in [-0.3, -0.25) is 0 Å². The van der Waals surface area contributed by atoms with E-state index in [0.29, 0.717) is 6.04 Å². The highest BCUT2D eigenvalue weighted by Gasteiger charge is 2.24. The average molecular weight is 301 g/mol. The molecule has 0 saturated heterocycles. The first-order chi connectivity index (χ1) is 9.74. The number of nitrogens with zero attached hydrogens (tertiary/aromatic N) is 1. The van der Waals surface area contributed by atoms with Crippen molar-refractivity contribution in [2.75, 3.05) is 0 Å². The maximum absolute atomic E-state index is 6.25. The molecule has 0 aliphatic heterocycles. The first-order valence-corrected chi connectivity index (χ1v) is 7.48. The predicted molar refractivity (Wildman–Crippen MR) is 85.0 cm³/mol. The van der Waals surface area contributed by atoms with Gasteiger partial charge < -0.3 is 9.55 Å². The fourth-order valence-electron chi connectivity index (χ4n) is 3.19. The van der Waals surface area contributed by atoms with Crippen LogP contribution in [0, 0.1) is 4.77 Å². The van der Waals surface area contributed by atoms with Crippen LogP contribution in [-0.2, 0) is 12.8 Å². The van der Waals surface area contributed by atoms with Crippen molar-refractivity contribution in [2.24, 2.45) is 0 Å². The van der Waals surface area contributed by atoms with Gasteiger partial charge in [-0.1, -0.05) is 41.9 Å². The number of halogens is 1. The van der Waals surface area contributed by atoms with E-state index >= 15 is 0 Å². The number of aromatic amines is 1. The molecular weight excluding hydrogens is 288 g/mol. The van der Waals surface area contributed by atoms with Crippen LogP contribution in [0.15, 0.2) is 42.5 Å². The summed E-state index contributed by atoms with van der Waals surface area (Å²) >= 11 is 11.8. The van der Waals surface area contributed by atoms with Crippen LogP contribution in [0.4, 0.5) is 0 Å². The minimum absolute atomic E-state index is 0.382. The van der Waals surface area contributed by atoms with Crippen LogP contribution in [0.1, 0.15) is 17.2 Å². The van der Waals surface area contributed by atoms with Crippen molar-refractivity contribution in [3.8, 4) is 0 Å². The van der Waals surface area contributed by atoms with Gasteiger partial charge in [-0.05, 0) is 48.3 Å². The van der Waals surface area contributed by atoms with Gasteiger partial charge in [0.1, 0.15) is 0 Å². The Hall–Kier alpha value is -1.58. The van der Waals surface area contributed by atoms with Crippen LogP contribution in [0.3, 0.4) is 0 Å². The normalized spacial score (nSPS) is 14.8. The number of hydrogen-bond donors (Lipinski definition) is 1. The lowest BCUT2D eigenvalue weighted by atomic mass is 10.1. The van der Waals surface area contributed by atoms with E-state index in [9.17, 15) is 0 Å². The molecule has 1 heterocycles. The van der Waals surface area contributed by atoms with E-state index in [-0.39, 0.29) is 0 Å². The number of fused-ring (bicyclic) bond motifs is 2. The minimum Gasteiger partial charge on any atom is -0.329 e. The van der Waals surface area contributed by atoms with Gasteiger partial charge in [-0.25, -0.2) is 0 Å². The maximum Gasteiger partial charge on any atom is 0.178 e. The number of imidazole rings is 1. The van der Waals surface area contributed by atoms with Crippen LogP contribution in [0.2, 0.25) is 5.02 Å². The number of hydrogen-bond acceptors (Lipinski definition) is 1. The monoisotopic (exact) mass is 300 g/mol. The Morgan fingerprint density at radius 3 is 2.45 bits per heavy atom. The molecule has 4 heteroatoms. The Kier molecular flexibility index (Phi) is 2.72. The highest BCUT2D eigenvalue weighted by Crippen LogP contribution is 2.33. The van der Waals surface area contributed by atoms with Gasteiger partial charge in [0, 0.05) is 6.04 Å². The van der Waals surface area contributed by atoms with Gasteiger partial charge in [0.05, 0.1) is 16.1 Å². The van der Waals surface area contributed by atoms with Crippen LogP contribution >= 0.6 is 23.8 Å². The Morgan fingerprint density at radius 2 is 1.75 bits per heavy atom. The lowest BCUT2D eigenvalue weighted by Crippen LogP contribution is -2.08. The van der Waals surface area contributed by atoms with E-state index in [4.69, 9.17) is 23.8 Å². The molecule has 0 bridgehead atoms. The molecular formula is C16H13ClN2S. The second-order valence-electron chi connectivity index (χ2n) is 5.26. The topological polar surface area (TPSA) is 20.7 Å². The molecule has 3 aromatic rings. The first kappa shape index (κ1) is 12.2. The number of para-hydroxylation sites is 1. The van der Waals surface area contributed by atoms with Crippen molar-refractivity contribution < 1.29 is 0 Å². The standard InChI is InChI=1S/C16H13ClN2S/c17-13-6-3-7-14-15(13)18-16(20)19(14)12-8-10-4-1-2-5-11(10)9-12/h1-7,12H,8-9H2,(H,18,20). The van der Waals surface area contributed by atoms with Crippen LogP contribution in [-0.4, -0.2) is 9.55 Å². The van der Waals surface area contributed by atoms with Gasteiger partial charge in [0.25, 0.3) is 0 Å². The fourth-order valence-corrected chi connectivity index (χ4v) is 3.76. The van der Waals surface area contributed by atoms with Crippen molar-refractivity contribution in [1.29, 1.82) is 0 Å². The number of aromatic nitrogens is 2. The number of H-pyrrole nitrogens is 1. The van der Waals surface area contributed by atoms with Gasteiger partial charge in [-0.15, -0.1) is 0 Å². The largest absolute Gasteiger partial charge is 0.329 e. The summed E-state index contributed by atoms with van der Waals surface area (Å²) in [6.07, 6.45) is 2.06. The third-order valence-corrected chi connectivity index (χ3v) is 4.71. The molecule has 2 nitrogen and oxygen atoms in total. The molecule has 0 fully saturated rings. The van der Waals surface area contributed by atoms with Crippen molar-refractivity contribution in [1.82, 2.24) is 9.55 Å². The molecule has 0 radical (unpaired) electrons. The average Bonchev–Trinajstić information content (AvgIpc) is 2.99. The zero-order valence-electron chi connectivity index (χ0n) is 10.8. The summed E-state index contributed by atoms with van der Waals surface area (Å²) in [5, 5.41) is 0.725. The second kappa shape index (κ2) is 4.47. The Bertz CT molecular complexity index is 837. The molecule has 1 aromatic heterocycles. The molecule has 0 amide bonds. The molecule has 0 saturated carbocycles. The van der Waals surface area contributed by atoms with Crippen LogP contribution < -0.4 is 0 Å². The highest BCUT2D eigenvalue weighted by molar-refractivity contribution is 7.71. The highest BCUT2D eigenvalue weighted by atomic mass is 35.5. The summed E-state index contributed by atoms with van der Waals surface area (Å²) < 4.78 is 2.97. The van der Waals surface area contributed by atoms with Crippen molar-refractivity contribution >= 4 is 34.9 Å². The summed E-state index contributed by atoms with van der Waals surface area (Å²) in [5.74, 6) is 0. The summed E-state index contributed by atoms with van der Waals surface area (Å²) in [5.41, 5.74) is 4.89. The fraction of sp³-hybridized carbons (Fsp3) is 0.188. The summed E-state index contributed by atoms with van der Waals surface area (Å²) in [6, 6.07) is 15.0. The Morgan fingerprint density at radius 1 is 1.05 bits per heavy atom. The van der Waals surface area contributed by atoms with E-state index in [0.717, 1.165) is 33.7 Å². The lowest BCUT2D eigenvalue weighted by molar-refractivity contribution is 0.537. The van der Waals surface area contributed by atoms with Crippen LogP contribution in [0.5, 0.6) is 0 Å². The molecule has 1 aliphatic rings. The number of rotatable bonds is 1. The number of nitrogens with one attached hydrogen (secondary N) is 1. The third kappa shape index (κ3) is 1.74. The van der Waals surface area contributed by atoms with E-state index in [1.54, 1.807) is 0 Å². The van der Waals surface area contributed by atoms with E-state index in [1.807, 2.05) is 12.1 Å². The quantitative estimate of drug-likeness (QED) is 0.646. The first-order valence-electron chi connectivity index (χ1n) is 6.69. The van der Waals surface area contributed by atoms with E-state index in [2.05, 4.69) is 39.9 Å². The molecule has 4 rings (SSSR count). The Labute approximate surface area is 127 Å². The Balaban J connectivity index is 1.87. The summed E-state index contributed by atoms with van der Waals surface area (Å²) in [7, 11) is 0. The SMILES string of the molecule is S=c1[nH]c2c(Cl)cccc2n1C1Cc2ccccc2C1. The van der Waals surface area contributed by atoms with Crippen molar-refractivity contribution in [3.05, 3.63) is 63.4 Å². The lowest BCUT2D eigenvalue weighted by Gasteiger charge is -2.12. The van der Waals surface area contributed by atoms with E-state index in [1.165, 1.54) is 11.1 Å². The molecule has 1 aliphatic carbocycles. The van der Waals surface area contributed by atoms with Gasteiger partial charge in [0.15, 0.2) is 4.77 Å². The van der Waals surface area contributed by atoms with Gasteiger partial charge in [-0.2, -0.15) is 0 Å². The smallest absolute Gasteiger partial charge is 0.178 e. The van der Waals surface area contributed by atoms with Crippen molar-refractivity contribution in [2.45, 2.75) is 18.9 Å². The molecule has 100 valence electrons. The number of benzene rings is 2. The molecule has 1 N–H and O–H groups in total. The van der Waals surface area contributed by atoms with Crippen LogP contribution in [0.25, 0.3) is 11.0 Å². The predicted octanol–water partition coefficient (Wildman–Crippen LogP) is 4.69. The zero-order valence-corrected chi connectivity index (χ0v) is 12.3. The summed E-state index contributed by atoms with van der Waals surface area (Å²) in [6.45, 7) is 0. The summed E-state index contributed by atoms with van der Waals surface area (Å²) in [4.78, 5) is 3.24. The van der Waals surface area contributed by atoms with E-state index < -0.39 is 0 Å². The molecule has 2 aromatic carbocycles. The molecule has 20 heavy (non-hydrogen) atoms.